The lowest BCUT2D eigenvalue weighted by molar-refractivity contribution is 0.0985. The van der Waals surface area contributed by atoms with Crippen molar-refractivity contribution in [2.24, 2.45) is 0 Å². The summed E-state index contributed by atoms with van der Waals surface area (Å²) < 4.78 is 1.16. The fourth-order valence-electron chi connectivity index (χ4n) is 1.13. The van der Waals surface area contributed by atoms with E-state index in [1.165, 1.54) is 0 Å². The van der Waals surface area contributed by atoms with Crippen LogP contribution in [0.3, 0.4) is 0 Å². The number of ketones is 1. The summed E-state index contributed by atoms with van der Waals surface area (Å²) in [5.41, 5.74) is 0.863. The minimum absolute atomic E-state index is 0.225. The molecule has 70 valence electrons. The second-order valence-corrected chi connectivity index (χ2v) is 4.58. The highest BCUT2D eigenvalue weighted by atomic mass is 127. The third-order valence-electron chi connectivity index (χ3n) is 1.79. The first-order valence-corrected chi connectivity index (χ1v) is 6.36. The summed E-state index contributed by atoms with van der Waals surface area (Å²) >= 11 is 3.90. The molecule has 0 aliphatic carbocycles. The standard InChI is InChI=1S/C10H11IOS/c1-3-9(12)7-5-4-6-8(11)10(7)13-2/h4-6H,3H2,1-2H3. The van der Waals surface area contributed by atoms with Gasteiger partial charge in [-0.2, -0.15) is 0 Å². The molecule has 0 unspecified atom stereocenters. The fourth-order valence-corrected chi connectivity index (χ4v) is 2.95. The summed E-state index contributed by atoms with van der Waals surface area (Å²) in [6.45, 7) is 1.90. The van der Waals surface area contributed by atoms with Crippen molar-refractivity contribution >= 4 is 40.1 Å². The molecule has 1 aromatic rings. The largest absolute Gasteiger partial charge is 0.294 e. The second-order valence-electron chi connectivity index (χ2n) is 2.60. The van der Waals surface area contributed by atoms with Crippen LogP contribution in [0.25, 0.3) is 0 Å². The van der Waals surface area contributed by atoms with Crippen molar-refractivity contribution in [2.75, 3.05) is 6.26 Å². The Morgan fingerprint density at radius 2 is 2.23 bits per heavy atom. The van der Waals surface area contributed by atoms with Crippen molar-refractivity contribution in [1.29, 1.82) is 0 Å². The van der Waals surface area contributed by atoms with Gasteiger partial charge >= 0.3 is 0 Å². The summed E-state index contributed by atoms with van der Waals surface area (Å²) in [5.74, 6) is 0.225. The lowest BCUT2D eigenvalue weighted by atomic mass is 10.1. The molecular weight excluding hydrogens is 295 g/mol. The number of Topliss-reactive ketones (excluding diaryl/α,β-unsaturated/α-hetero) is 1. The summed E-state index contributed by atoms with van der Waals surface area (Å²) in [4.78, 5) is 12.6. The van der Waals surface area contributed by atoms with Crippen LogP contribution in [0.5, 0.6) is 0 Å². The molecule has 0 heterocycles. The number of hydrogen-bond donors (Lipinski definition) is 0. The third kappa shape index (κ3) is 2.47. The van der Waals surface area contributed by atoms with E-state index >= 15 is 0 Å². The molecule has 0 atom stereocenters. The van der Waals surface area contributed by atoms with Gasteiger partial charge in [0, 0.05) is 20.4 Å². The second kappa shape index (κ2) is 5.00. The van der Waals surface area contributed by atoms with Gasteiger partial charge < -0.3 is 0 Å². The average Bonchev–Trinajstić information content (AvgIpc) is 2.16. The number of rotatable bonds is 3. The maximum Gasteiger partial charge on any atom is 0.163 e. The molecule has 0 spiro atoms. The Bertz CT molecular complexity index is 323. The van der Waals surface area contributed by atoms with Crippen LogP contribution >= 0.6 is 34.4 Å². The molecule has 1 aromatic carbocycles. The van der Waals surface area contributed by atoms with Gasteiger partial charge in [0.15, 0.2) is 5.78 Å². The minimum Gasteiger partial charge on any atom is -0.294 e. The summed E-state index contributed by atoms with van der Waals surface area (Å²) in [5, 5.41) is 0. The molecule has 0 aromatic heterocycles. The molecule has 3 heteroatoms. The van der Waals surface area contributed by atoms with E-state index in [9.17, 15) is 4.79 Å². The van der Waals surface area contributed by atoms with Crippen LogP contribution in [-0.4, -0.2) is 12.0 Å². The lowest BCUT2D eigenvalue weighted by Gasteiger charge is -2.06. The van der Waals surface area contributed by atoms with Gasteiger partial charge in [-0.15, -0.1) is 11.8 Å². The summed E-state index contributed by atoms with van der Waals surface area (Å²) in [7, 11) is 0. The van der Waals surface area contributed by atoms with Gasteiger partial charge in [0.1, 0.15) is 0 Å². The van der Waals surface area contributed by atoms with E-state index < -0.39 is 0 Å². The molecule has 0 amide bonds. The highest BCUT2D eigenvalue weighted by molar-refractivity contribution is 14.1. The van der Waals surface area contributed by atoms with E-state index in [0.29, 0.717) is 6.42 Å². The number of carbonyl (C=O) groups excluding carboxylic acids is 1. The Kier molecular flexibility index (Phi) is 4.25. The maximum atomic E-state index is 11.5. The number of hydrogen-bond acceptors (Lipinski definition) is 2. The van der Waals surface area contributed by atoms with Crippen LogP contribution in [0.2, 0.25) is 0 Å². The molecule has 0 aliphatic rings. The first kappa shape index (κ1) is 11.0. The molecule has 0 aliphatic heterocycles. The van der Waals surface area contributed by atoms with E-state index in [1.54, 1.807) is 11.8 Å². The van der Waals surface area contributed by atoms with Gasteiger partial charge in [0.2, 0.25) is 0 Å². The van der Waals surface area contributed by atoms with Gasteiger partial charge in [-0.05, 0) is 34.9 Å². The topological polar surface area (TPSA) is 17.1 Å². The van der Waals surface area contributed by atoms with Gasteiger partial charge in [0.25, 0.3) is 0 Å². The zero-order valence-corrected chi connectivity index (χ0v) is 10.6. The molecule has 0 saturated carbocycles. The zero-order chi connectivity index (χ0) is 9.84. The first-order chi connectivity index (χ1) is 6.20. The Hall–Kier alpha value is -0.0300. The molecule has 1 rings (SSSR count). The lowest BCUT2D eigenvalue weighted by Crippen LogP contribution is -1.99. The Morgan fingerprint density at radius 3 is 2.77 bits per heavy atom. The van der Waals surface area contributed by atoms with Crippen molar-refractivity contribution in [2.45, 2.75) is 18.2 Å². The van der Waals surface area contributed by atoms with Gasteiger partial charge in [0.05, 0.1) is 0 Å². The molecule has 0 bridgehead atoms. The predicted molar refractivity (Wildman–Crippen MR) is 65.6 cm³/mol. The van der Waals surface area contributed by atoms with Gasteiger partial charge in [-0.3, -0.25) is 4.79 Å². The SMILES string of the molecule is CCC(=O)c1cccc(I)c1SC. The number of benzene rings is 1. The van der Waals surface area contributed by atoms with Crippen molar-refractivity contribution in [1.82, 2.24) is 0 Å². The first-order valence-electron chi connectivity index (χ1n) is 4.06. The van der Waals surface area contributed by atoms with Crippen molar-refractivity contribution < 1.29 is 4.79 Å². The highest BCUT2D eigenvalue weighted by Gasteiger charge is 2.10. The monoisotopic (exact) mass is 306 g/mol. The molecule has 0 saturated heterocycles. The fraction of sp³-hybridized carbons (Fsp3) is 0.300. The quantitative estimate of drug-likeness (QED) is 0.482. The van der Waals surface area contributed by atoms with Gasteiger partial charge in [-0.25, -0.2) is 0 Å². The van der Waals surface area contributed by atoms with Crippen LogP contribution in [0.4, 0.5) is 0 Å². The summed E-state index contributed by atoms with van der Waals surface area (Å²) in [6, 6.07) is 5.86. The van der Waals surface area contributed by atoms with E-state index in [1.807, 2.05) is 31.4 Å². The minimum atomic E-state index is 0.225. The van der Waals surface area contributed by atoms with Crippen molar-refractivity contribution in [3.8, 4) is 0 Å². The number of halogens is 1. The Balaban J connectivity index is 3.20. The Labute approximate surface area is 96.4 Å². The van der Waals surface area contributed by atoms with Crippen molar-refractivity contribution in [3.05, 3.63) is 27.3 Å². The van der Waals surface area contributed by atoms with Crippen LogP contribution in [-0.2, 0) is 0 Å². The third-order valence-corrected chi connectivity index (χ3v) is 3.91. The average molecular weight is 306 g/mol. The van der Waals surface area contributed by atoms with Crippen LogP contribution in [0.15, 0.2) is 23.1 Å². The maximum absolute atomic E-state index is 11.5. The molecule has 0 radical (unpaired) electrons. The molecule has 0 fully saturated rings. The smallest absolute Gasteiger partial charge is 0.163 e. The highest BCUT2D eigenvalue weighted by Crippen LogP contribution is 2.27. The van der Waals surface area contributed by atoms with Crippen LogP contribution in [0.1, 0.15) is 23.7 Å². The van der Waals surface area contributed by atoms with E-state index in [2.05, 4.69) is 22.6 Å². The normalized spacial score (nSPS) is 10.1. The predicted octanol–water partition coefficient (Wildman–Crippen LogP) is 3.61. The molecule has 0 N–H and O–H groups in total. The molecule has 13 heavy (non-hydrogen) atoms. The zero-order valence-electron chi connectivity index (χ0n) is 7.63. The Morgan fingerprint density at radius 1 is 1.54 bits per heavy atom. The summed E-state index contributed by atoms with van der Waals surface area (Å²) in [6.07, 6.45) is 2.58. The van der Waals surface area contributed by atoms with E-state index in [0.717, 1.165) is 14.0 Å². The van der Waals surface area contributed by atoms with Crippen LogP contribution in [0, 0.1) is 3.57 Å². The van der Waals surface area contributed by atoms with E-state index in [4.69, 9.17) is 0 Å². The molecule has 1 nitrogen and oxygen atoms in total. The van der Waals surface area contributed by atoms with Crippen LogP contribution < -0.4 is 0 Å². The van der Waals surface area contributed by atoms with E-state index in [-0.39, 0.29) is 5.78 Å². The number of thioether (sulfide) groups is 1. The molecular formula is C10H11IOS. The number of carbonyl (C=O) groups is 1. The van der Waals surface area contributed by atoms with Crippen molar-refractivity contribution in [3.63, 3.8) is 0 Å². The van der Waals surface area contributed by atoms with Gasteiger partial charge in [-0.1, -0.05) is 19.1 Å².